The van der Waals surface area contributed by atoms with Crippen LogP contribution < -0.4 is 5.32 Å². The second-order valence-corrected chi connectivity index (χ2v) is 13.3. The van der Waals surface area contributed by atoms with Crippen LogP contribution in [0.25, 0.3) is 0 Å². The number of Topliss-reactive ketones (excluding diaryl/α,β-unsaturated/α-hetero) is 1. The van der Waals surface area contributed by atoms with Gasteiger partial charge in [0.25, 0.3) is 0 Å². The van der Waals surface area contributed by atoms with Crippen molar-refractivity contribution in [1.82, 2.24) is 5.32 Å². The van der Waals surface area contributed by atoms with Crippen molar-refractivity contribution in [3.63, 3.8) is 0 Å². The van der Waals surface area contributed by atoms with Crippen molar-refractivity contribution in [2.75, 3.05) is 13.2 Å². The summed E-state index contributed by atoms with van der Waals surface area (Å²) in [6.45, 7) is 11.0. The monoisotopic (exact) mass is 519 g/mol. The molecule has 0 radical (unpaired) electrons. The molecule has 0 aromatic carbocycles. The number of hydrogen-bond donors (Lipinski definition) is 3. The third-order valence-corrected chi connectivity index (χ3v) is 10.1. The van der Waals surface area contributed by atoms with Crippen molar-refractivity contribution in [3.8, 4) is 0 Å². The van der Waals surface area contributed by atoms with E-state index in [9.17, 15) is 24.6 Å². The molecule has 0 spiro atoms. The number of amides is 1. The maximum absolute atomic E-state index is 17.4. The SMILES string of the molecule is C[C@H]1C[C@H]2[C@@H]3CCC4=CC(=O)C=C[C@]4(C)[C@@]3(F)[C@@H](O)C[C@]2(C)[C@@]1(OC(=O)NCCC(C)(C)C)C(=O)CO. The first-order chi connectivity index (χ1) is 17.1. The van der Waals surface area contributed by atoms with Crippen LogP contribution in [0.5, 0.6) is 0 Å². The zero-order valence-electron chi connectivity index (χ0n) is 22.9. The van der Waals surface area contributed by atoms with E-state index in [-0.39, 0.29) is 23.5 Å². The molecule has 7 nitrogen and oxygen atoms in total. The predicted molar refractivity (Wildman–Crippen MR) is 136 cm³/mol. The van der Waals surface area contributed by atoms with Gasteiger partial charge in [0.15, 0.2) is 17.1 Å². The number of hydrogen-bond acceptors (Lipinski definition) is 6. The summed E-state index contributed by atoms with van der Waals surface area (Å²) in [6, 6.07) is 0. The highest BCUT2D eigenvalue weighted by Crippen LogP contribution is 2.71. The Balaban J connectivity index is 1.72. The predicted octanol–water partition coefficient (Wildman–Crippen LogP) is 4.07. The van der Waals surface area contributed by atoms with Crippen molar-refractivity contribution in [1.29, 1.82) is 0 Å². The maximum atomic E-state index is 17.4. The number of carbonyl (C=O) groups excluding carboxylic acids is 3. The molecular weight excluding hydrogens is 477 g/mol. The molecule has 3 saturated carbocycles. The minimum absolute atomic E-state index is 0.00981. The van der Waals surface area contributed by atoms with Gasteiger partial charge in [-0.25, -0.2) is 9.18 Å². The number of halogens is 1. The topological polar surface area (TPSA) is 113 Å². The van der Waals surface area contributed by atoms with E-state index in [4.69, 9.17) is 4.74 Å². The van der Waals surface area contributed by atoms with E-state index in [1.807, 2.05) is 0 Å². The van der Waals surface area contributed by atoms with Crippen LogP contribution in [0.3, 0.4) is 0 Å². The molecule has 4 aliphatic carbocycles. The zero-order valence-corrected chi connectivity index (χ0v) is 22.9. The molecule has 8 atom stereocenters. The Kier molecular flexibility index (Phi) is 6.81. The molecule has 0 unspecified atom stereocenters. The van der Waals surface area contributed by atoms with Gasteiger partial charge in [0, 0.05) is 29.2 Å². The average molecular weight is 520 g/mol. The summed E-state index contributed by atoms with van der Waals surface area (Å²) in [5, 5.41) is 24.3. The molecule has 0 aromatic rings. The van der Waals surface area contributed by atoms with Crippen LogP contribution in [0.1, 0.15) is 73.6 Å². The fourth-order valence-electron chi connectivity index (χ4n) is 8.24. The molecule has 4 rings (SSSR count). The molecule has 8 heteroatoms. The largest absolute Gasteiger partial charge is 0.434 e. The number of fused-ring (bicyclic) bond motifs is 5. The van der Waals surface area contributed by atoms with Gasteiger partial charge in [-0.05, 0) is 62.5 Å². The van der Waals surface area contributed by atoms with Gasteiger partial charge in [-0.2, -0.15) is 0 Å². The number of allylic oxidation sites excluding steroid dienone is 4. The van der Waals surface area contributed by atoms with Crippen LogP contribution in [0, 0.1) is 34.0 Å². The lowest BCUT2D eigenvalue weighted by Crippen LogP contribution is -2.70. The van der Waals surface area contributed by atoms with Gasteiger partial charge in [-0.1, -0.05) is 46.3 Å². The lowest BCUT2D eigenvalue weighted by molar-refractivity contribution is -0.219. The van der Waals surface area contributed by atoms with Crippen LogP contribution in [0.15, 0.2) is 23.8 Å². The molecule has 3 fully saturated rings. The third-order valence-electron chi connectivity index (χ3n) is 10.1. The van der Waals surface area contributed by atoms with Crippen molar-refractivity contribution in [3.05, 3.63) is 23.8 Å². The maximum Gasteiger partial charge on any atom is 0.408 e. The summed E-state index contributed by atoms with van der Waals surface area (Å²) in [7, 11) is 0. The smallest absolute Gasteiger partial charge is 0.408 e. The number of carbonyl (C=O) groups is 3. The molecule has 4 aliphatic rings. The number of aliphatic hydroxyl groups is 2. The fourth-order valence-corrected chi connectivity index (χ4v) is 8.24. The number of alkyl carbamates (subject to hydrolysis) is 1. The molecule has 0 heterocycles. The Hall–Kier alpha value is -2.06. The van der Waals surface area contributed by atoms with Crippen molar-refractivity contribution in [2.24, 2.45) is 34.0 Å². The summed E-state index contributed by atoms with van der Waals surface area (Å²) < 4.78 is 23.4. The molecule has 37 heavy (non-hydrogen) atoms. The number of aliphatic hydroxyl groups excluding tert-OH is 2. The molecular formula is C29H42FNO6. The molecule has 0 saturated heterocycles. The number of nitrogens with one attached hydrogen (secondary N) is 1. The van der Waals surface area contributed by atoms with Crippen LogP contribution in [0.2, 0.25) is 0 Å². The molecule has 0 bridgehead atoms. The average Bonchev–Trinajstić information content (AvgIpc) is 3.01. The summed E-state index contributed by atoms with van der Waals surface area (Å²) in [5.41, 5.74) is -5.31. The first-order valence-electron chi connectivity index (χ1n) is 13.5. The van der Waals surface area contributed by atoms with Crippen LogP contribution in [0.4, 0.5) is 9.18 Å². The number of rotatable bonds is 5. The third kappa shape index (κ3) is 3.92. The van der Waals surface area contributed by atoms with Gasteiger partial charge in [0.2, 0.25) is 5.78 Å². The quantitative estimate of drug-likeness (QED) is 0.505. The van der Waals surface area contributed by atoms with Crippen LogP contribution in [-0.2, 0) is 14.3 Å². The van der Waals surface area contributed by atoms with Crippen molar-refractivity contribution in [2.45, 2.75) is 91.0 Å². The van der Waals surface area contributed by atoms with Gasteiger partial charge < -0.3 is 20.3 Å². The van der Waals surface area contributed by atoms with Crippen molar-refractivity contribution >= 4 is 17.7 Å². The second-order valence-electron chi connectivity index (χ2n) is 13.3. The summed E-state index contributed by atoms with van der Waals surface area (Å²) >= 11 is 0. The van der Waals surface area contributed by atoms with Gasteiger partial charge in [-0.15, -0.1) is 0 Å². The lowest BCUT2D eigenvalue weighted by Gasteiger charge is -2.62. The summed E-state index contributed by atoms with van der Waals surface area (Å²) in [6.07, 6.45) is 4.15. The Labute approximate surface area is 218 Å². The molecule has 206 valence electrons. The Bertz CT molecular complexity index is 1050. The van der Waals surface area contributed by atoms with Gasteiger partial charge in [-0.3, -0.25) is 9.59 Å². The Morgan fingerprint density at radius 2 is 1.92 bits per heavy atom. The number of ketones is 2. The highest BCUT2D eigenvalue weighted by atomic mass is 19.1. The van der Waals surface area contributed by atoms with Gasteiger partial charge in [0.05, 0.1) is 6.10 Å². The van der Waals surface area contributed by atoms with Gasteiger partial charge >= 0.3 is 6.09 Å². The van der Waals surface area contributed by atoms with E-state index in [0.29, 0.717) is 37.8 Å². The standard InChI is InChI=1S/C29H42FNO6/c1-17-13-21-20-8-7-18-14-19(33)9-10-26(18,5)28(20,30)22(34)15-27(21,6)29(17,23(35)16-32)37-24(36)31-12-11-25(2,3)4/h9-10,14,17,20-22,32,34H,7-8,11-13,15-16H2,1-6H3,(H,31,36)/t17-,20-,21-,22-,26-,27-,28-,29-/m0/s1. The zero-order chi connectivity index (χ0) is 27.6. The van der Waals surface area contributed by atoms with E-state index in [1.165, 1.54) is 12.2 Å². The number of alkyl halides is 1. The minimum atomic E-state index is -2.05. The minimum Gasteiger partial charge on any atom is -0.434 e. The van der Waals surface area contributed by atoms with E-state index < -0.39 is 58.5 Å². The van der Waals surface area contributed by atoms with E-state index in [0.717, 1.165) is 0 Å². The molecule has 3 N–H and O–H groups in total. The summed E-state index contributed by atoms with van der Waals surface area (Å²) in [5.74, 6) is -2.29. The summed E-state index contributed by atoms with van der Waals surface area (Å²) in [4.78, 5) is 38.5. The Morgan fingerprint density at radius 3 is 2.54 bits per heavy atom. The highest BCUT2D eigenvalue weighted by molar-refractivity contribution is 6.01. The molecule has 0 aliphatic heterocycles. The van der Waals surface area contributed by atoms with Crippen LogP contribution >= 0.6 is 0 Å². The fraction of sp³-hybridized carbons (Fsp3) is 0.759. The Morgan fingerprint density at radius 1 is 1.24 bits per heavy atom. The second kappa shape index (κ2) is 9.01. The van der Waals surface area contributed by atoms with E-state index in [1.54, 1.807) is 26.8 Å². The highest BCUT2D eigenvalue weighted by Gasteiger charge is 2.77. The van der Waals surface area contributed by atoms with E-state index in [2.05, 4.69) is 26.1 Å². The van der Waals surface area contributed by atoms with Crippen LogP contribution in [-0.4, -0.2) is 58.4 Å². The van der Waals surface area contributed by atoms with Crippen molar-refractivity contribution < 1.29 is 33.7 Å². The normalized spacial score (nSPS) is 42.8. The number of ether oxygens (including phenoxy) is 1. The van der Waals surface area contributed by atoms with E-state index >= 15 is 4.39 Å². The molecule has 0 aromatic heterocycles. The first kappa shape index (κ1) is 28.0. The molecule has 1 amide bonds. The van der Waals surface area contributed by atoms with Gasteiger partial charge in [0.1, 0.15) is 6.61 Å². The lowest BCUT2D eigenvalue weighted by atomic mass is 9.44. The first-order valence-corrected chi connectivity index (χ1v) is 13.5.